The Morgan fingerprint density at radius 3 is 2.38 bits per heavy atom. The second-order valence-corrected chi connectivity index (χ2v) is 6.76. The fraction of sp³-hybridized carbons (Fsp3) is 0.529. The fourth-order valence-corrected chi connectivity index (χ4v) is 3.33. The van der Waals surface area contributed by atoms with Crippen molar-refractivity contribution in [1.29, 1.82) is 0 Å². The number of carbonyl (C=O) groups excluding carboxylic acids is 3. The lowest BCUT2D eigenvalue weighted by atomic mass is 10.1. The first-order chi connectivity index (χ1) is 13.7. The number of ether oxygens (including phenoxy) is 4. The third-order valence-corrected chi connectivity index (χ3v) is 4.35. The molecule has 1 aliphatic rings. The molecule has 0 aliphatic carbocycles. The lowest BCUT2D eigenvalue weighted by Crippen LogP contribution is -2.40. The number of rotatable bonds is 5. The van der Waals surface area contributed by atoms with Crippen molar-refractivity contribution in [2.75, 3.05) is 6.61 Å². The molecule has 1 saturated heterocycles. The van der Waals surface area contributed by atoms with Crippen LogP contribution >= 0.6 is 11.6 Å². The van der Waals surface area contributed by atoms with Gasteiger partial charge in [-0.15, -0.1) is 0 Å². The molecule has 0 aromatic carbocycles. The van der Waals surface area contributed by atoms with Gasteiger partial charge in [0.2, 0.25) is 5.28 Å². The van der Waals surface area contributed by atoms with Gasteiger partial charge in [-0.1, -0.05) is 0 Å². The maximum Gasteiger partial charge on any atom is 0.303 e. The summed E-state index contributed by atoms with van der Waals surface area (Å²) in [6.45, 7) is 5.18. The van der Waals surface area contributed by atoms with Crippen LogP contribution < -0.4 is 0 Å². The van der Waals surface area contributed by atoms with Gasteiger partial charge in [0, 0.05) is 20.8 Å². The number of carbonyl (C=O) groups is 3. The molecule has 3 heterocycles. The Morgan fingerprint density at radius 2 is 1.76 bits per heavy atom. The van der Waals surface area contributed by atoms with E-state index >= 15 is 0 Å². The van der Waals surface area contributed by atoms with Gasteiger partial charge in [-0.05, 0) is 18.5 Å². The molecule has 4 atom stereocenters. The van der Waals surface area contributed by atoms with E-state index < -0.39 is 42.4 Å². The second-order valence-electron chi connectivity index (χ2n) is 6.42. The molecule has 2 aromatic rings. The molecule has 156 valence electrons. The smallest absolute Gasteiger partial charge is 0.303 e. The van der Waals surface area contributed by atoms with Crippen LogP contribution in [0.2, 0.25) is 5.28 Å². The maximum absolute atomic E-state index is 11.7. The van der Waals surface area contributed by atoms with Gasteiger partial charge < -0.3 is 18.9 Å². The molecule has 1 aliphatic heterocycles. The summed E-state index contributed by atoms with van der Waals surface area (Å²) in [6, 6.07) is 0. The Hall–Kier alpha value is -2.79. The molecule has 29 heavy (non-hydrogen) atoms. The average Bonchev–Trinajstić information content (AvgIpc) is 3.15. The minimum absolute atomic E-state index is 0.00628. The second kappa shape index (κ2) is 8.29. The van der Waals surface area contributed by atoms with E-state index in [1.54, 1.807) is 6.92 Å². The highest BCUT2D eigenvalue weighted by molar-refractivity contribution is 6.28. The quantitative estimate of drug-likeness (QED) is 0.389. The van der Waals surface area contributed by atoms with Gasteiger partial charge in [0.05, 0.1) is 12.0 Å². The summed E-state index contributed by atoms with van der Waals surface area (Å²) in [5.41, 5.74) is 1.38. The zero-order chi connectivity index (χ0) is 21.3. The van der Waals surface area contributed by atoms with Crippen molar-refractivity contribution in [3.63, 3.8) is 0 Å². The van der Waals surface area contributed by atoms with Crippen molar-refractivity contribution in [3.8, 4) is 0 Å². The number of imidazole rings is 1. The Bertz CT molecular complexity index is 963. The van der Waals surface area contributed by atoms with Crippen molar-refractivity contribution in [2.24, 2.45) is 0 Å². The molecule has 0 radical (unpaired) electrons. The number of halogens is 1. The predicted octanol–water partition coefficient (Wildman–Crippen LogP) is 1.11. The average molecular weight is 427 g/mol. The van der Waals surface area contributed by atoms with Crippen LogP contribution in [0.15, 0.2) is 6.33 Å². The molecule has 0 N–H and O–H groups in total. The highest BCUT2D eigenvalue weighted by Crippen LogP contribution is 2.36. The van der Waals surface area contributed by atoms with Gasteiger partial charge in [0.25, 0.3) is 0 Å². The van der Waals surface area contributed by atoms with E-state index in [9.17, 15) is 14.4 Å². The number of hydrogen-bond donors (Lipinski definition) is 0. The van der Waals surface area contributed by atoms with Gasteiger partial charge in [0.1, 0.15) is 18.2 Å². The van der Waals surface area contributed by atoms with Crippen LogP contribution in [0.4, 0.5) is 0 Å². The molecule has 0 saturated carbocycles. The summed E-state index contributed by atoms with van der Waals surface area (Å²) >= 11 is 5.97. The Balaban J connectivity index is 2.04. The number of aromatic nitrogens is 4. The SMILES string of the molecule is CC(=O)OC[C@H]1O[C@@H](n2cnc3c(C)nc(Cl)nc32)C(OC(C)=O)C1OC(C)=O. The largest absolute Gasteiger partial charge is 0.463 e. The van der Waals surface area contributed by atoms with Crippen LogP contribution in [0.25, 0.3) is 11.2 Å². The van der Waals surface area contributed by atoms with Crippen LogP contribution in [0.1, 0.15) is 32.7 Å². The summed E-state index contributed by atoms with van der Waals surface area (Å²) < 4.78 is 23.2. The summed E-state index contributed by atoms with van der Waals surface area (Å²) in [4.78, 5) is 47.1. The lowest BCUT2D eigenvalue weighted by molar-refractivity contribution is -0.166. The van der Waals surface area contributed by atoms with Crippen molar-refractivity contribution in [3.05, 3.63) is 17.3 Å². The minimum atomic E-state index is -1.04. The van der Waals surface area contributed by atoms with Crippen LogP contribution in [0.5, 0.6) is 0 Å². The summed E-state index contributed by atoms with van der Waals surface area (Å²) in [6.07, 6.45) is -2.46. The molecule has 2 unspecified atom stereocenters. The van der Waals surface area contributed by atoms with E-state index in [0.717, 1.165) is 0 Å². The number of aryl methyl sites for hydroxylation is 1. The first-order valence-corrected chi connectivity index (χ1v) is 9.05. The summed E-state index contributed by atoms with van der Waals surface area (Å²) in [5.74, 6) is -1.76. The first-order valence-electron chi connectivity index (χ1n) is 8.67. The molecule has 0 spiro atoms. The fourth-order valence-electron chi connectivity index (χ4n) is 3.13. The standard InChI is InChI=1S/C17H19ClN4O7/c1-7-12-15(21-17(18)20-7)22(6-19-12)16-14(28-10(4)25)13(27-9(3)24)11(29-16)5-26-8(2)23/h6,11,13-14,16H,5H2,1-4H3/t11-,13?,14?,16-/m1/s1. The Labute approximate surface area is 170 Å². The molecular formula is C17H19ClN4O7. The van der Waals surface area contributed by atoms with Crippen molar-refractivity contribution < 1.29 is 33.3 Å². The summed E-state index contributed by atoms with van der Waals surface area (Å²) in [7, 11) is 0. The van der Waals surface area contributed by atoms with E-state index in [1.807, 2.05) is 0 Å². The Morgan fingerprint density at radius 1 is 1.10 bits per heavy atom. The van der Waals surface area contributed by atoms with Gasteiger partial charge in [0.15, 0.2) is 24.1 Å². The van der Waals surface area contributed by atoms with Crippen LogP contribution in [0.3, 0.4) is 0 Å². The third-order valence-electron chi connectivity index (χ3n) is 4.18. The third kappa shape index (κ3) is 4.46. The first kappa shape index (κ1) is 20.9. The van der Waals surface area contributed by atoms with Crippen LogP contribution in [-0.4, -0.2) is 62.3 Å². The van der Waals surface area contributed by atoms with Crippen LogP contribution in [-0.2, 0) is 33.3 Å². The number of hydrogen-bond acceptors (Lipinski definition) is 10. The summed E-state index contributed by atoms with van der Waals surface area (Å²) in [5, 5.41) is 0.00628. The molecule has 2 aromatic heterocycles. The number of fused-ring (bicyclic) bond motifs is 1. The van der Waals surface area contributed by atoms with Gasteiger partial charge in [-0.3, -0.25) is 19.0 Å². The van der Waals surface area contributed by atoms with Gasteiger partial charge >= 0.3 is 17.9 Å². The number of esters is 3. The van der Waals surface area contributed by atoms with Crippen molar-refractivity contribution in [2.45, 2.75) is 52.2 Å². The Kier molecular flexibility index (Phi) is 5.99. The van der Waals surface area contributed by atoms with Crippen molar-refractivity contribution >= 4 is 40.7 Å². The molecular weight excluding hydrogens is 408 g/mol. The molecule has 0 bridgehead atoms. The van der Waals surface area contributed by atoms with E-state index in [4.69, 9.17) is 30.5 Å². The minimum Gasteiger partial charge on any atom is -0.463 e. The molecule has 1 fully saturated rings. The normalized spacial score (nSPS) is 23.8. The molecule has 0 amide bonds. The zero-order valence-corrected chi connectivity index (χ0v) is 16.9. The van der Waals surface area contributed by atoms with Crippen molar-refractivity contribution in [1.82, 2.24) is 19.5 Å². The van der Waals surface area contributed by atoms with E-state index in [0.29, 0.717) is 16.9 Å². The topological polar surface area (TPSA) is 132 Å². The van der Waals surface area contributed by atoms with E-state index in [-0.39, 0.29) is 11.9 Å². The van der Waals surface area contributed by atoms with E-state index in [2.05, 4.69) is 15.0 Å². The van der Waals surface area contributed by atoms with Gasteiger partial charge in [-0.25, -0.2) is 9.97 Å². The molecule has 11 nitrogen and oxygen atoms in total. The zero-order valence-electron chi connectivity index (χ0n) is 16.1. The number of nitrogens with zero attached hydrogens (tertiary/aromatic N) is 4. The van der Waals surface area contributed by atoms with Gasteiger partial charge in [-0.2, -0.15) is 4.98 Å². The van der Waals surface area contributed by atoms with Crippen LogP contribution in [0, 0.1) is 6.92 Å². The predicted molar refractivity (Wildman–Crippen MR) is 96.7 cm³/mol. The maximum atomic E-state index is 11.7. The molecule has 12 heteroatoms. The monoisotopic (exact) mass is 426 g/mol. The highest BCUT2D eigenvalue weighted by atomic mass is 35.5. The van der Waals surface area contributed by atoms with E-state index in [1.165, 1.54) is 31.7 Å². The lowest BCUT2D eigenvalue weighted by Gasteiger charge is -2.23. The highest BCUT2D eigenvalue weighted by Gasteiger charge is 2.51. The molecule has 3 rings (SSSR count).